The van der Waals surface area contributed by atoms with Crippen LogP contribution in [0.1, 0.15) is 33.6 Å². The number of halogens is 1. The second-order valence-electron chi connectivity index (χ2n) is 10.5. The molecule has 2 bridgehead atoms. The maximum absolute atomic E-state index is 14.1. The lowest BCUT2D eigenvalue weighted by Gasteiger charge is -2.36. The fourth-order valence-electron chi connectivity index (χ4n) is 6.67. The van der Waals surface area contributed by atoms with Gasteiger partial charge in [0.25, 0.3) is 0 Å². The Labute approximate surface area is 221 Å². The molecule has 3 fully saturated rings. The van der Waals surface area contributed by atoms with Crippen molar-refractivity contribution in [3.63, 3.8) is 0 Å². The van der Waals surface area contributed by atoms with Crippen molar-refractivity contribution < 1.29 is 24.2 Å². The standard InChI is InChI=1S/C28H32ClN3O5/c1-4-20(15-33)32-23(25(35)31-19-12-10-17(29)11-13-19)28-14-16(2)27(3,37-28)21(22(28)26(32)36)24(34)30-18-8-6-5-7-9-18/h5-13,16,20-23,33H,4,14-15H2,1-3H3,(H,30,34)(H,31,35)/t16?,20-,21-,22-,23?,27+,28?/m0/s1. The van der Waals surface area contributed by atoms with Gasteiger partial charge in [-0.1, -0.05) is 43.6 Å². The molecular formula is C28H32ClN3O5. The predicted octanol–water partition coefficient (Wildman–Crippen LogP) is 3.70. The summed E-state index contributed by atoms with van der Waals surface area (Å²) in [5, 5.41) is 16.6. The van der Waals surface area contributed by atoms with Gasteiger partial charge < -0.3 is 25.4 Å². The zero-order chi connectivity index (χ0) is 26.5. The van der Waals surface area contributed by atoms with E-state index in [1.54, 1.807) is 36.4 Å². The van der Waals surface area contributed by atoms with Crippen LogP contribution in [0.3, 0.4) is 0 Å². The van der Waals surface area contributed by atoms with Crippen molar-refractivity contribution in [2.75, 3.05) is 17.2 Å². The third kappa shape index (κ3) is 3.93. The number of hydrogen-bond acceptors (Lipinski definition) is 5. The molecule has 3 aliphatic heterocycles. The summed E-state index contributed by atoms with van der Waals surface area (Å²) in [4.78, 5) is 43.2. The molecule has 3 aliphatic rings. The molecule has 3 saturated heterocycles. The minimum absolute atomic E-state index is 0.0805. The molecule has 9 heteroatoms. The highest BCUT2D eigenvalue weighted by Gasteiger charge is 2.80. The van der Waals surface area contributed by atoms with Crippen LogP contribution in [-0.2, 0) is 19.1 Å². The molecule has 196 valence electrons. The Kier molecular flexibility index (Phi) is 6.54. The highest BCUT2D eigenvalue weighted by Crippen LogP contribution is 2.65. The number of carbonyl (C=O) groups is 3. The van der Waals surface area contributed by atoms with Gasteiger partial charge in [0.2, 0.25) is 17.7 Å². The summed E-state index contributed by atoms with van der Waals surface area (Å²) in [6.07, 6.45) is 0.898. The van der Waals surface area contributed by atoms with Gasteiger partial charge in [0.1, 0.15) is 11.6 Å². The van der Waals surface area contributed by atoms with Crippen LogP contribution in [0.5, 0.6) is 0 Å². The highest BCUT2D eigenvalue weighted by molar-refractivity contribution is 6.30. The third-order valence-electron chi connectivity index (χ3n) is 8.51. The van der Waals surface area contributed by atoms with E-state index < -0.39 is 41.0 Å². The number of carbonyl (C=O) groups excluding carboxylic acids is 3. The molecule has 2 aromatic rings. The van der Waals surface area contributed by atoms with Crippen LogP contribution in [0.2, 0.25) is 5.02 Å². The molecule has 5 rings (SSSR count). The molecule has 1 spiro atoms. The summed E-state index contributed by atoms with van der Waals surface area (Å²) >= 11 is 6.00. The first-order valence-electron chi connectivity index (χ1n) is 12.7. The predicted molar refractivity (Wildman–Crippen MR) is 140 cm³/mol. The van der Waals surface area contributed by atoms with E-state index in [2.05, 4.69) is 10.6 Å². The third-order valence-corrected chi connectivity index (χ3v) is 8.76. The van der Waals surface area contributed by atoms with Crippen LogP contribution in [0.4, 0.5) is 11.4 Å². The summed E-state index contributed by atoms with van der Waals surface area (Å²) in [6.45, 7) is 5.42. The average Bonchev–Trinajstić information content (AvgIpc) is 3.39. The van der Waals surface area contributed by atoms with E-state index in [-0.39, 0.29) is 24.3 Å². The van der Waals surface area contributed by atoms with Gasteiger partial charge in [0.05, 0.1) is 30.1 Å². The van der Waals surface area contributed by atoms with Crippen LogP contribution in [0.15, 0.2) is 54.6 Å². The number of nitrogens with one attached hydrogen (secondary N) is 2. The first-order chi connectivity index (χ1) is 17.7. The topological polar surface area (TPSA) is 108 Å². The molecule has 0 saturated carbocycles. The monoisotopic (exact) mass is 525 g/mol. The number of aliphatic hydroxyl groups excluding tert-OH is 1. The number of rotatable bonds is 7. The quantitative estimate of drug-likeness (QED) is 0.511. The number of nitrogens with zero attached hydrogens (tertiary/aromatic N) is 1. The zero-order valence-electron chi connectivity index (χ0n) is 21.1. The van der Waals surface area contributed by atoms with Crippen LogP contribution in [0.25, 0.3) is 0 Å². The normalized spacial score (nSPS) is 32.8. The molecule has 3 heterocycles. The number of fused-ring (bicyclic) bond motifs is 1. The van der Waals surface area contributed by atoms with Crippen LogP contribution >= 0.6 is 11.6 Å². The zero-order valence-corrected chi connectivity index (χ0v) is 21.9. The van der Waals surface area contributed by atoms with Crippen molar-refractivity contribution in [2.45, 2.75) is 56.9 Å². The molecule has 37 heavy (non-hydrogen) atoms. The largest absolute Gasteiger partial charge is 0.394 e. The lowest BCUT2D eigenvalue weighted by Crippen LogP contribution is -2.56. The smallest absolute Gasteiger partial charge is 0.250 e. The van der Waals surface area contributed by atoms with Gasteiger partial charge in [-0.05, 0) is 62.1 Å². The van der Waals surface area contributed by atoms with E-state index in [1.165, 1.54) is 4.90 Å². The van der Waals surface area contributed by atoms with Crippen molar-refractivity contribution in [3.05, 3.63) is 59.6 Å². The Bertz CT molecular complexity index is 1200. The minimum Gasteiger partial charge on any atom is -0.394 e. The van der Waals surface area contributed by atoms with E-state index in [9.17, 15) is 19.5 Å². The summed E-state index contributed by atoms with van der Waals surface area (Å²) in [5.41, 5.74) is -0.959. The summed E-state index contributed by atoms with van der Waals surface area (Å²) in [5.74, 6) is -2.78. The van der Waals surface area contributed by atoms with Crippen LogP contribution in [-0.4, -0.2) is 57.6 Å². The number of amides is 3. The minimum atomic E-state index is -1.19. The number of anilines is 2. The summed E-state index contributed by atoms with van der Waals surface area (Å²) < 4.78 is 6.70. The molecule has 3 N–H and O–H groups in total. The number of para-hydroxylation sites is 1. The number of likely N-dealkylation sites (tertiary alicyclic amines) is 1. The molecular weight excluding hydrogens is 494 g/mol. The van der Waals surface area contributed by atoms with Gasteiger partial charge in [-0.15, -0.1) is 0 Å². The van der Waals surface area contributed by atoms with Gasteiger partial charge in [0.15, 0.2) is 0 Å². The second-order valence-corrected chi connectivity index (χ2v) is 11.0. The van der Waals surface area contributed by atoms with Crippen LogP contribution < -0.4 is 10.6 Å². The average molecular weight is 526 g/mol. The molecule has 0 aliphatic carbocycles. The molecule has 3 amide bonds. The Morgan fingerprint density at radius 3 is 2.35 bits per heavy atom. The fourth-order valence-corrected chi connectivity index (χ4v) is 6.79. The van der Waals surface area contributed by atoms with E-state index in [1.807, 2.05) is 39.0 Å². The Balaban J connectivity index is 1.56. The molecule has 8 nitrogen and oxygen atoms in total. The van der Waals surface area contributed by atoms with Gasteiger partial charge in [0, 0.05) is 16.4 Å². The SMILES string of the molecule is CC[C@@H](CO)N1C(=O)[C@@H]2[C@@H](C(=O)Nc3ccccc3)[C@]3(C)OC2(CC3C)C1C(=O)Nc1ccc(Cl)cc1. The van der Waals surface area contributed by atoms with Gasteiger partial charge in [-0.2, -0.15) is 0 Å². The Morgan fingerprint density at radius 2 is 1.73 bits per heavy atom. The summed E-state index contributed by atoms with van der Waals surface area (Å²) in [7, 11) is 0. The number of hydrogen-bond donors (Lipinski definition) is 3. The fraction of sp³-hybridized carbons (Fsp3) is 0.464. The van der Waals surface area contributed by atoms with Gasteiger partial charge in [-0.25, -0.2) is 0 Å². The lowest BCUT2D eigenvalue weighted by molar-refractivity contribution is -0.148. The lowest BCUT2D eigenvalue weighted by atomic mass is 9.62. The van der Waals surface area contributed by atoms with E-state index in [0.717, 1.165) is 0 Å². The number of benzene rings is 2. The van der Waals surface area contributed by atoms with Gasteiger partial charge >= 0.3 is 0 Å². The van der Waals surface area contributed by atoms with Crippen molar-refractivity contribution in [1.82, 2.24) is 4.90 Å². The van der Waals surface area contributed by atoms with E-state index in [0.29, 0.717) is 29.2 Å². The van der Waals surface area contributed by atoms with E-state index >= 15 is 0 Å². The second kappa shape index (κ2) is 9.42. The van der Waals surface area contributed by atoms with E-state index in [4.69, 9.17) is 16.3 Å². The van der Waals surface area contributed by atoms with Crippen molar-refractivity contribution in [3.8, 4) is 0 Å². The van der Waals surface area contributed by atoms with Gasteiger partial charge in [-0.3, -0.25) is 14.4 Å². The first kappa shape index (κ1) is 25.7. The maximum Gasteiger partial charge on any atom is 0.250 e. The summed E-state index contributed by atoms with van der Waals surface area (Å²) in [6, 6.07) is 14.2. The van der Waals surface area contributed by atoms with Crippen molar-refractivity contribution >= 4 is 40.7 Å². The number of ether oxygens (including phenoxy) is 1. The Hall–Kier alpha value is -2.94. The van der Waals surface area contributed by atoms with Crippen molar-refractivity contribution in [2.24, 2.45) is 17.8 Å². The highest BCUT2D eigenvalue weighted by atomic mass is 35.5. The molecule has 0 radical (unpaired) electrons. The Morgan fingerprint density at radius 1 is 1.11 bits per heavy atom. The van der Waals surface area contributed by atoms with Crippen molar-refractivity contribution in [1.29, 1.82) is 0 Å². The molecule has 7 atom stereocenters. The molecule has 0 aromatic heterocycles. The maximum atomic E-state index is 14.1. The number of aliphatic hydroxyl groups is 1. The molecule has 3 unspecified atom stereocenters. The van der Waals surface area contributed by atoms with Crippen LogP contribution in [0, 0.1) is 17.8 Å². The molecule has 2 aromatic carbocycles. The first-order valence-corrected chi connectivity index (χ1v) is 13.1.